The van der Waals surface area contributed by atoms with Crippen molar-refractivity contribution in [1.29, 1.82) is 0 Å². The summed E-state index contributed by atoms with van der Waals surface area (Å²) in [4.78, 5) is 0. The van der Waals surface area contributed by atoms with Gasteiger partial charge >= 0.3 is 0 Å². The quantitative estimate of drug-likeness (QED) is 0.656. The first kappa shape index (κ1) is 7.73. The topological polar surface area (TPSA) is 20.2 Å². The van der Waals surface area contributed by atoms with Gasteiger partial charge in [-0.2, -0.15) is 0 Å². The largest absolute Gasteiger partial charge is 0.366 e. The summed E-state index contributed by atoms with van der Waals surface area (Å²) in [5.41, 5.74) is 0. The number of hydrogen-bond acceptors (Lipinski definition) is 1. The fraction of sp³-hybridized carbons (Fsp3) is 1.00. The number of rotatable bonds is 2. The highest BCUT2D eigenvalue weighted by Gasteiger charge is 2.14. The van der Waals surface area contributed by atoms with Crippen LogP contribution >= 0.6 is 27.5 Å². The molecule has 0 aromatic rings. The Labute approximate surface area is 56.8 Å². The molecule has 0 spiro atoms. The summed E-state index contributed by atoms with van der Waals surface area (Å²) in [6.45, 7) is 1.95. The van der Waals surface area contributed by atoms with E-state index >= 15 is 0 Å². The van der Waals surface area contributed by atoms with Crippen LogP contribution in [0, 0.1) is 0 Å². The highest BCUT2D eigenvalue weighted by molar-refractivity contribution is 9.10. The van der Waals surface area contributed by atoms with Crippen LogP contribution in [0.1, 0.15) is 19.8 Å². The predicted molar refractivity (Wildman–Crippen MR) is 34.6 cm³/mol. The van der Waals surface area contributed by atoms with Gasteiger partial charge in [0.1, 0.15) is 0 Å². The molecule has 1 atom stereocenters. The summed E-state index contributed by atoms with van der Waals surface area (Å²) < 4.78 is -1.16. The zero-order chi connectivity index (χ0) is 5.91. The summed E-state index contributed by atoms with van der Waals surface area (Å²) in [5.74, 6) is 0. The third-order valence-electron chi connectivity index (χ3n) is 0.551. The molecule has 0 fully saturated rings. The van der Waals surface area contributed by atoms with Gasteiger partial charge in [0.05, 0.1) is 0 Å². The van der Waals surface area contributed by atoms with Crippen molar-refractivity contribution >= 4 is 27.5 Å². The lowest BCUT2D eigenvalue weighted by Crippen LogP contribution is -2.07. The summed E-state index contributed by atoms with van der Waals surface area (Å²) in [5, 5.41) is 8.70. The maximum absolute atomic E-state index is 8.70. The fourth-order valence-electron chi connectivity index (χ4n) is 0.301. The minimum Gasteiger partial charge on any atom is -0.366 e. The van der Waals surface area contributed by atoms with Gasteiger partial charge in [-0.1, -0.05) is 24.9 Å². The van der Waals surface area contributed by atoms with Crippen LogP contribution in [-0.4, -0.2) is 9.08 Å². The van der Waals surface area contributed by atoms with Crippen molar-refractivity contribution < 1.29 is 5.11 Å². The summed E-state index contributed by atoms with van der Waals surface area (Å²) in [6, 6.07) is 0. The molecule has 1 unspecified atom stereocenters. The molecule has 1 N–H and O–H groups in total. The molecule has 0 saturated heterocycles. The molecule has 0 bridgehead atoms. The standard InChI is InChI=1S/C4H8BrClO/c1-2-3-4(5,6)7/h7H,2-3H2,1H3. The number of hydrogen-bond donors (Lipinski definition) is 1. The Bertz CT molecular complexity index is 50.1. The van der Waals surface area contributed by atoms with Gasteiger partial charge in [0.2, 0.25) is 0 Å². The second kappa shape index (κ2) is 2.90. The highest BCUT2D eigenvalue weighted by atomic mass is 79.9. The molecular formula is C4H8BrClO. The molecule has 0 heterocycles. The van der Waals surface area contributed by atoms with E-state index in [1.807, 2.05) is 6.92 Å². The normalized spacial score (nSPS) is 18.9. The van der Waals surface area contributed by atoms with E-state index in [1.54, 1.807) is 0 Å². The molecule has 0 aliphatic heterocycles. The smallest absolute Gasteiger partial charge is 0.194 e. The molecule has 0 aliphatic rings. The zero-order valence-corrected chi connectivity index (χ0v) is 6.46. The third kappa shape index (κ3) is 6.73. The van der Waals surface area contributed by atoms with Crippen molar-refractivity contribution in [3.05, 3.63) is 0 Å². The first-order valence-corrected chi connectivity index (χ1v) is 3.33. The van der Waals surface area contributed by atoms with Gasteiger partial charge in [-0.3, -0.25) is 0 Å². The van der Waals surface area contributed by atoms with Crippen molar-refractivity contribution in [2.24, 2.45) is 0 Å². The van der Waals surface area contributed by atoms with Crippen LogP contribution < -0.4 is 0 Å². The van der Waals surface area contributed by atoms with Gasteiger partial charge in [-0.25, -0.2) is 0 Å². The highest BCUT2D eigenvalue weighted by Crippen LogP contribution is 2.24. The van der Waals surface area contributed by atoms with E-state index in [0.29, 0.717) is 6.42 Å². The molecule has 0 radical (unpaired) electrons. The Hall–Kier alpha value is 0.730. The lowest BCUT2D eigenvalue weighted by Gasteiger charge is -2.08. The molecule has 7 heavy (non-hydrogen) atoms. The Morgan fingerprint density at radius 2 is 2.29 bits per heavy atom. The second-order valence-electron chi connectivity index (χ2n) is 1.42. The van der Waals surface area contributed by atoms with E-state index in [0.717, 1.165) is 6.42 Å². The van der Waals surface area contributed by atoms with Crippen LogP contribution in [0.4, 0.5) is 0 Å². The predicted octanol–water partition coefficient (Wildman–Crippen LogP) is 2.07. The lowest BCUT2D eigenvalue weighted by molar-refractivity contribution is 0.218. The molecule has 1 nitrogen and oxygen atoms in total. The van der Waals surface area contributed by atoms with Gasteiger partial charge in [-0.15, -0.1) is 0 Å². The Balaban J connectivity index is 3.15. The number of aliphatic hydroxyl groups is 1. The van der Waals surface area contributed by atoms with Crippen molar-refractivity contribution in [3.63, 3.8) is 0 Å². The van der Waals surface area contributed by atoms with E-state index in [4.69, 9.17) is 16.7 Å². The number of alkyl halides is 2. The van der Waals surface area contributed by atoms with Crippen molar-refractivity contribution in [2.75, 3.05) is 0 Å². The molecule has 0 aromatic carbocycles. The first-order valence-electron chi connectivity index (χ1n) is 2.16. The van der Waals surface area contributed by atoms with E-state index in [2.05, 4.69) is 15.9 Å². The Kier molecular flexibility index (Phi) is 3.20. The molecule has 3 heteroatoms. The molecule has 44 valence electrons. The van der Waals surface area contributed by atoms with Gasteiger partial charge in [0, 0.05) is 6.42 Å². The molecule has 0 amide bonds. The molecule has 0 saturated carbocycles. The zero-order valence-electron chi connectivity index (χ0n) is 4.12. The fourth-order valence-corrected chi connectivity index (χ4v) is 0.886. The maximum atomic E-state index is 8.70. The van der Waals surface area contributed by atoms with Crippen molar-refractivity contribution in [3.8, 4) is 0 Å². The second-order valence-corrected chi connectivity index (χ2v) is 3.81. The van der Waals surface area contributed by atoms with Crippen LogP contribution in [0.2, 0.25) is 0 Å². The number of halogens is 2. The van der Waals surface area contributed by atoms with Crippen LogP contribution in [0.25, 0.3) is 0 Å². The first-order chi connectivity index (χ1) is 3.06. The van der Waals surface area contributed by atoms with Gasteiger partial charge in [0.15, 0.2) is 3.97 Å². The van der Waals surface area contributed by atoms with Crippen LogP contribution in [0.3, 0.4) is 0 Å². The molecule has 0 aromatic heterocycles. The van der Waals surface area contributed by atoms with Gasteiger partial charge < -0.3 is 5.11 Å². The van der Waals surface area contributed by atoms with Crippen LogP contribution in [-0.2, 0) is 0 Å². The summed E-state index contributed by atoms with van der Waals surface area (Å²) in [6.07, 6.45) is 1.46. The average Bonchev–Trinajstić information content (AvgIpc) is 1.30. The summed E-state index contributed by atoms with van der Waals surface area (Å²) in [7, 11) is 0. The minimum absolute atomic E-state index is 0.578. The maximum Gasteiger partial charge on any atom is 0.194 e. The minimum atomic E-state index is -1.16. The third-order valence-corrected chi connectivity index (χ3v) is 1.14. The molecular weight excluding hydrogens is 179 g/mol. The SMILES string of the molecule is CCCC(O)(Cl)Br. The van der Waals surface area contributed by atoms with Crippen molar-refractivity contribution in [2.45, 2.75) is 23.7 Å². The molecule has 0 rings (SSSR count). The van der Waals surface area contributed by atoms with Gasteiger partial charge in [0.25, 0.3) is 0 Å². The lowest BCUT2D eigenvalue weighted by atomic mass is 10.4. The van der Waals surface area contributed by atoms with E-state index in [1.165, 1.54) is 0 Å². The average molecular weight is 187 g/mol. The van der Waals surface area contributed by atoms with Gasteiger partial charge in [-0.05, 0) is 15.9 Å². The monoisotopic (exact) mass is 186 g/mol. The Morgan fingerprint density at radius 3 is 2.29 bits per heavy atom. The summed E-state index contributed by atoms with van der Waals surface area (Å²) >= 11 is 8.17. The van der Waals surface area contributed by atoms with Crippen LogP contribution in [0.5, 0.6) is 0 Å². The van der Waals surface area contributed by atoms with E-state index in [-0.39, 0.29) is 0 Å². The molecule has 0 aliphatic carbocycles. The Morgan fingerprint density at radius 1 is 1.86 bits per heavy atom. The van der Waals surface area contributed by atoms with Crippen molar-refractivity contribution in [1.82, 2.24) is 0 Å². The van der Waals surface area contributed by atoms with E-state index < -0.39 is 3.97 Å². The van der Waals surface area contributed by atoms with Crippen LogP contribution in [0.15, 0.2) is 0 Å². The van der Waals surface area contributed by atoms with E-state index in [9.17, 15) is 0 Å².